The molecule has 5 nitrogen and oxygen atoms in total. The first kappa shape index (κ1) is 20.6. The molecule has 1 N–H and O–H groups in total. The molecule has 0 atom stereocenters. The number of nitrogens with zero attached hydrogens (tertiary/aromatic N) is 1. The van der Waals surface area contributed by atoms with E-state index in [9.17, 15) is 9.59 Å². The molecule has 0 bridgehead atoms. The Bertz CT molecular complexity index is 840. The molecule has 1 aliphatic heterocycles. The van der Waals surface area contributed by atoms with Crippen molar-refractivity contribution in [3.8, 4) is 5.75 Å². The number of para-hydroxylation sites is 1. The topological polar surface area (TPSA) is 58.6 Å². The van der Waals surface area contributed by atoms with Crippen LogP contribution in [0.1, 0.15) is 30.9 Å². The SMILES string of the molecule is CCc1ccccc1OCC(=O)N1CCC(NC(=O)/C=C/c2ccccc2)CC1. The summed E-state index contributed by atoms with van der Waals surface area (Å²) in [5, 5.41) is 3.03. The van der Waals surface area contributed by atoms with Crippen molar-refractivity contribution in [2.45, 2.75) is 32.2 Å². The third-order valence-electron chi connectivity index (χ3n) is 5.13. The molecule has 0 spiro atoms. The zero-order chi connectivity index (χ0) is 20.5. The summed E-state index contributed by atoms with van der Waals surface area (Å²) in [6.45, 7) is 3.38. The third kappa shape index (κ3) is 6.21. The molecule has 29 heavy (non-hydrogen) atoms. The second kappa shape index (κ2) is 10.5. The predicted octanol–water partition coefficient (Wildman–Crippen LogP) is 3.45. The number of hydrogen-bond acceptors (Lipinski definition) is 3. The third-order valence-corrected chi connectivity index (χ3v) is 5.13. The van der Waals surface area contributed by atoms with E-state index >= 15 is 0 Å². The zero-order valence-electron chi connectivity index (χ0n) is 16.8. The minimum Gasteiger partial charge on any atom is -0.483 e. The lowest BCUT2D eigenvalue weighted by atomic mass is 10.0. The Morgan fingerprint density at radius 1 is 1.07 bits per heavy atom. The number of carbonyl (C=O) groups is 2. The molecule has 1 fully saturated rings. The first-order chi connectivity index (χ1) is 14.2. The number of carbonyl (C=O) groups excluding carboxylic acids is 2. The number of likely N-dealkylation sites (tertiary alicyclic amines) is 1. The summed E-state index contributed by atoms with van der Waals surface area (Å²) in [5.74, 6) is 0.665. The fourth-order valence-corrected chi connectivity index (χ4v) is 3.43. The maximum atomic E-state index is 12.5. The van der Waals surface area contributed by atoms with Crippen LogP contribution in [0.3, 0.4) is 0 Å². The molecular weight excluding hydrogens is 364 g/mol. The molecular formula is C24H28N2O3. The van der Waals surface area contributed by atoms with Crippen LogP contribution < -0.4 is 10.1 Å². The van der Waals surface area contributed by atoms with Crippen molar-refractivity contribution in [1.29, 1.82) is 0 Å². The van der Waals surface area contributed by atoms with Crippen molar-refractivity contribution in [2.24, 2.45) is 0 Å². The number of aryl methyl sites for hydroxylation is 1. The van der Waals surface area contributed by atoms with Crippen molar-refractivity contribution in [3.05, 3.63) is 71.8 Å². The van der Waals surface area contributed by atoms with E-state index in [1.807, 2.05) is 59.5 Å². The highest BCUT2D eigenvalue weighted by Crippen LogP contribution is 2.19. The van der Waals surface area contributed by atoms with Crippen LogP contribution in [-0.4, -0.2) is 42.5 Å². The van der Waals surface area contributed by atoms with Gasteiger partial charge in [0, 0.05) is 25.2 Å². The van der Waals surface area contributed by atoms with Gasteiger partial charge in [0.25, 0.3) is 5.91 Å². The smallest absolute Gasteiger partial charge is 0.260 e. The molecule has 0 radical (unpaired) electrons. The highest BCUT2D eigenvalue weighted by atomic mass is 16.5. The van der Waals surface area contributed by atoms with Gasteiger partial charge in [-0.15, -0.1) is 0 Å². The predicted molar refractivity (Wildman–Crippen MR) is 115 cm³/mol. The summed E-state index contributed by atoms with van der Waals surface area (Å²) >= 11 is 0. The van der Waals surface area contributed by atoms with Crippen molar-refractivity contribution in [2.75, 3.05) is 19.7 Å². The maximum absolute atomic E-state index is 12.5. The lowest BCUT2D eigenvalue weighted by molar-refractivity contribution is -0.134. The average molecular weight is 392 g/mol. The van der Waals surface area contributed by atoms with Gasteiger partial charge in [-0.2, -0.15) is 0 Å². The highest BCUT2D eigenvalue weighted by molar-refractivity contribution is 5.91. The van der Waals surface area contributed by atoms with Gasteiger partial charge in [0.05, 0.1) is 0 Å². The van der Waals surface area contributed by atoms with E-state index in [1.54, 1.807) is 12.2 Å². The number of rotatable bonds is 7. The minimum absolute atomic E-state index is 0.00958. The van der Waals surface area contributed by atoms with E-state index < -0.39 is 0 Å². The second-order valence-electron chi connectivity index (χ2n) is 7.16. The summed E-state index contributed by atoms with van der Waals surface area (Å²) in [6, 6.07) is 17.6. The van der Waals surface area contributed by atoms with Crippen molar-refractivity contribution >= 4 is 17.9 Å². The molecule has 0 aliphatic carbocycles. The lowest BCUT2D eigenvalue weighted by Gasteiger charge is -2.32. The summed E-state index contributed by atoms with van der Waals surface area (Å²) in [6.07, 6.45) is 5.74. The summed E-state index contributed by atoms with van der Waals surface area (Å²) in [4.78, 5) is 26.4. The summed E-state index contributed by atoms with van der Waals surface area (Å²) in [5.41, 5.74) is 2.10. The zero-order valence-corrected chi connectivity index (χ0v) is 16.8. The van der Waals surface area contributed by atoms with Crippen molar-refractivity contribution in [3.63, 3.8) is 0 Å². The van der Waals surface area contributed by atoms with Gasteiger partial charge in [-0.1, -0.05) is 55.5 Å². The Morgan fingerprint density at radius 3 is 2.48 bits per heavy atom. The molecule has 0 unspecified atom stereocenters. The molecule has 2 aromatic rings. The number of nitrogens with one attached hydrogen (secondary N) is 1. The van der Waals surface area contributed by atoms with Crippen LogP contribution >= 0.6 is 0 Å². The standard InChI is InChI=1S/C24H28N2O3/c1-2-20-10-6-7-11-22(20)29-18-24(28)26-16-14-21(15-17-26)25-23(27)13-12-19-8-4-3-5-9-19/h3-13,21H,2,14-18H2,1H3,(H,25,27)/b13-12+. The van der Waals surface area contributed by atoms with E-state index in [0.29, 0.717) is 13.1 Å². The lowest BCUT2D eigenvalue weighted by Crippen LogP contribution is -2.47. The summed E-state index contributed by atoms with van der Waals surface area (Å²) < 4.78 is 5.74. The largest absolute Gasteiger partial charge is 0.483 e. The van der Waals surface area contributed by atoms with Gasteiger partial charge in [0.2, 0.25) is 5.91 Å². The van der Waals surface area contributed by atoms with E-state index in [0.717, 1.165) is 36.1 Å². The number of amides is 2. The number of hydrogen-bond donors (Lipinski definition) is 1. The minimum atomic E-state index is -0.0989. The van der Waals surface area contributed by atoms with Gasteiger partial charge in [0.15, 0.2) is 6.61 Å². The van der Waals surface area contributed by atoms with E-state index in [4.69, 9.17) is 4.74 Å². The Kier molecular flexibility index (Phi) is 7.45. The van der Waals surface area contributed by atoms with Crippen LogP contribution in [0.2, 0.25) is 0 Å². The van der Waals surface area contributed by atoms with Crippen LogP contribution in [0.5, 0.6) is 5.75 Å². The molecule has 1 saturated heterocycles. The van der Waals surface area contributed by atoms with Crippen LogP contribution in [-0.2, 0) is 16.0 Å². The highest BCUT2D eigenvalue weighted by Gasteiger charge is 2.23. The fourth-order valence-electron chi connectivity index (χ4n) is 3.43. The molecule has 2 amide bonds. The van der Waals surface area contributed by atoms with Gasteiger partial charge < -0.3 is 15.0 Å². The van der Waals surface area contributed by atoms with Crippen molar-refractivity contribution in [1.82, 2.24) is 10.2 Å². The van der Waals surface area contributed by atoms with Crippen LogP contribution in [0.15, 0.2) is 60.7 Å². The first-order valence-electron chi connectivity index (χ1n) is 10.2. The van der Waals surface area contributed by atoms with Crippen LogP contribution in [0.4, 0.5) is 0 Å². The fraction of sp³-hybridized carbons (Fsp3) is 0.333. The molecule has 152 valence electrons. The number of benzene rings is 2. The van der Waals surface area contributed by atoms with Crippen LogP contribution in [0, 0.1) is 0 Å². The van der Waals surface area contributed by atoms with Gasteiger partial charge in [-0.25, -0.2) is 0 Å². The second-order valence-corrected chi connectivity index (χ2v) is 7.16. The number of piperidine rings is 1. The molecule has 1 aliphatic rings. The van der Waals surface area contributed by atoms with Gasteiger partial charge in [-0.05, 0) is 42.5 Å². The van der Waals surface area contributed by atoms with Gasteiger partial charge in [0.1, 0.15) is 5.75 Å². The monoisotopic (exact) mass is 392 g/mol. The Morgan fingerprint density at radius 2 is 1.76 bits per heavy atom. The van der Waals surface area contributed by atoms with Gasteiger partial charge >= 0.3 is 0 Å². The molecule has 2 aromatic carbocycles. The molecule has 5 heteroatoms. The van der Waals surface area contributed by atoms with E-state index in [1.165, 1.54) is 0 Å². The van der Waals surface area contributed by atoms with E-state index in [-0.39, 0.29) is 24.5 Å². The quantitative estimate of drug-likeness (QED) is 0.735. The average Bonchev–Trinajstić information content (AvgIpc) is 2.77. The molecule has 0 aromatic heterocycles. The van der Waals surface area contributed by atoms with Crippen molar-refractivity contribution < 1.29 is 14.3 Å². The molecule has 0 saturated carbocycles. The van der Waals surface area contributed by atoms with Gasteiger partial charge in [-0.3, -0.25) is 9.59 Å². The Labute approximate surface area is 172 Å². The normalized spacial score (nSPS) is 14.7. The Hall–Kier alpha value is -3.08. The van der Waals surface area contributed by atoms with E-state index in [2.05, 4.69) is 12.2 Å². The molecule has 3 rings (SSSR count). The first-order valence-corrected chi connectivity index (χ1v) is 10.2. The number of ether oxygens (including phenoxy) is 1. The Balaban J connectivity index is 1.41. The molecule has 1 heterocycles. The summed E-state index contributed by atoms with van der Waals surface area (Å²) in [7, 11) is 0. The van der Waals surface area contributed by atoms with Crippen LogP contribution in [0.25, 0.3) is 6.08 Å². The maximum Gasteiger partial charge on any atom is 0.260 e.